The number of carbonyl (C=O) groups excluding carboxylic acids is 1. The van der Waals surface area contributed by atoms with Gasteiger partial charge in [0, 0.05) is 6.54 Å². The molecule has 0 saturated carbocycles. The fourth-order valence-corrected chi connectivity index (χ4v) is 3.91. The van der Waals surface area contributed by atoms with Crippen molar-refractivity contribution >= 4 is 38.8 Å². The third kappa shape index (κ3) is 2.34. The van der Waals surface area contributed by atoms with Crippen LogP contribution in [0.5, 0.6) is 0 Å². The molecule has 3 nitrogen and oxygen atoms in total. The van der Waals surface area contributed by atoms with Gasteiger partial charge < -0.3 is 4.57 Å². The molecule has 0 fully saturated rings. The number of nitrogens with zero attached hydrogens (tertiary/aromatic N) is 2. The van der Waals surface area contributed by atoms with Gasteiger partial charge in [-0.1, -0.05) is 23.5 Å². The van der Waals surface area contributed by atoms with Gasteiger partial charge >= 0.3 is 0 Å². The number of amides is 1. The SMILES string of the molecule is CCn1c(=NC(=O)c2cccs2)sc2cc(C)ccc21. The lowest BCUT2D eigenvalue weighted by Gasteiger charge is -2.00. The highest BCUT2D eigenvalue weighted by Crippen LogP contribution is 2.19. The van der Waals surface area contributed by atoms with E-state index in [1.54, 1.807) is 11.3 Å². The maximum atomic E-state index is 12.1. The van der Waals surface area contributed by atoms with Crippen molar-refractivity contribution in [2.75, 3.05) is 0 Å². The van der Waals surface area contributed by atoms with E-state index in [2.05, 4.69) is 41.6 Å². The van der Waals surface area contributed by atoms with Gasteiger partial charge in [-0.25, -0.2) is 0 Å². The quantitative estimate of drug-likeness (QED) is 0.708. The van der Waals surface area contributed by atoms with Gasteiger partial charge in [-0.2, -0.15) is 4.99 Å². The molecule has 0 aliphatic carbocycles. The van der Waals surface area contributed by atoms with Crippen LogP contribution in [0.25, 0.3) is 10.2 Å². The first-order valence-electron chi connectivity index (χ1n) is 6.41. The zero-order valence-electron chi connectivity index (χ0n) is 11.3. The predicted octanol–water partition coefficient (Wildman–Crippen LogP) is 3.83. The number of rotatable bonds is 2. The van der Waals surface area contributed by atoms with Gasteiger partial charge in [0.15, 0.2) is 4.80 Å². The largest absolute Gasteiger partial charge is 0.317 e. The van der Waals surface area contributed by atoms with Crippen molar-refractivity contribution < 1.29 is 4.79 Å². The zero-order chi connectivity index (χ0) is 14.1. The summed E-state index contributed by atoms with van der Waals surface area (Å²) in [6.07, 6.45) is 0. The summed E-state index contributed by atoms with van der Waals surface area (Å²) in [4.78, 5) is 17.9. The molecule has 0 aliphatic rings. The first-order chi connectivity index (χ1) is 9.69. The summed E-state index contributed by atoms with van der Waals surface area (Å²) in [6.45, 7) is 4.95. The summed E-state index contributed by atoms with van der Waals surface area (Å²) < 4.78 is 3.26. The predicted molar refractivity (Wildman–Crippen MR) is 84.4 cm³/mol. The Hall–Kier alpha value is -1.72. The fraction of sp³-hybridized carbons (Fsp3) is 0.200. The van der Waals surface area contributed by atoms with Gasteiger partial charge in [-0.3, -0.25) is 4.79 Å². The molecule has 0 bridgehead atoms. The van der Waals surface area contributed by atoms with Crippen molar-refractivity contribution in [3.8, 4) is 0 Å². The maximum absolute atomic E-state index is 12.1. The molecule has 0 spiro atoms. The minimum Gasteiger partial charge on any atom is -0.317 e. The van der Waals surface area contributed by atoms with Crippen LogP contribution in [0.1, 0.15) is 22.2 Å². The van der Waals surface area contributed by atoms with Crippen LogP contribution in [0, 0.1) is 6.92 Å². The average molecular weight is 302 g/mol. The molecule has 1 aromatic carbocycles. The van der Waals surface area contributed by atoms with Crippen LogP contribution < -0.4 is 4.80 Å². The van der Waals surface area contributed by atoms with E-state index in [1.165, 1.54) is 21.6 Å². The van der Waals surface area contributed by atoms with Crippen LogP contribution in [0.3, 0.4) is 0 Å². The van der Waals surface area contributed by atoms with Gasteiger partial charge in [-0.05, 0) is 43.0 Å². The summed E-state index contributed by atoms with van der Waals surface area (Å²) in [5.74, 6) is -0.162. The van der Waals surface area contributed by atoms with Crippen LogP contribution in [0.2, 0.25) is 0 Å². The van der Waals surface area contributed by atoms with E-state index in [1.807, 2.05) is 17.5 Å². The number of hydrogen-bond acceptors (Lipinski definition) is 3. The molecule has 102 valence electrons. The Morgan fingerprint density at radius 3 is 2.90 bits per heavy atom. The number of aryl methyl sites for hydroxylation is 2. The number of aromatic nitrogens is 1. The van der Waals surface area contributed by atoms with E-state index < -0.39 is 0 Å². The Bertz CT molecular complexity index is 825. The van der Waals surface area contributed by atoms with E-state index in [-0.39, 0.29) is 5.91 Å². The van der Waals surface area contributed by atoms with E-state index in [4.69, 9.17) is 0 Å². The summed E-state index contributed by atoms with van der Waals surface area (Å²) in [5.41, 5.74) is 2.36. The number of fused-ring (bicyclic) bond motifs is 1. The molecule has 3 rings (SSSR count). The van der Waals surface area contributed by atoms with Gasteiger partial charge in [-0.15, -0.1) is 11.3 Å². The summed E-state index contributed by atoms with van der Waals surface area (Å²) in [7, 11) is 0. The van der Waals surface area contributed by atoms with Crippen LogP contribution in [0.15, 0.2) is 40.7 Å². The number of thiophene rings is 1. The Balaban J connectivity index is 2.18. The van der Waals surface area contributed by atoms with Crippen molar-refractivity contribution in [2.45, 2.75) is 20.4 Å². The molecule has 0 radical (unpaired) electrons. The molecule has 0 saturated heterocycles. The monoisotopic (exact) mass is 302 g/mol. The highest BCUT2D eigenvalue weighted by molar-refractivity contribution is 7.16. The molecule has 2 heterocycles. The Morgan fingerprint density at radius 2 is 2.20 bits per heavy atom. The average Bonchev–Trinajstić information content (AvgIpc) is 3.04. The van der Waals surface area contributed by atoms with Gasteiger partial charge in [0.25, 0.3) is 5.91 Å². The minimum absolute atomic E-state index is 0.162. The molecule has 5 heteroatoms. The fourth-order valence-electron chi connectivity index (χ4n) is 2.11. The van der Waals surface area contributed by atoms with Crippen LogP contribution >= 0.6 is 22.7 Å². The number of thiazole rings is 1. The third-order valence-electron chi connectivity index (χ3n) is 3.08. The van der Waals surface area contributed by atoms with Crippen molar-refractivity contribution in [3.05, 3.63) is 51.0 Å². The first-order valence-corrected chi connectivity index (χ1v) is 8.11. The van der Waals surface area contributed by atoms with E-state index in [0.717, 1.165) is 16.9 Å². The van der Waals surface area contributed by atoms with Gasteiger partial charge in [0.05, 0.1) is 15.1 Å². The standard InChI is InChI=1S/C15H14N2OS2/c1-3-17-11-7-6-10(2)9-13(11)20-15(17)16-14(18)12-5-4-8-19-12/h4-9H,3H2,1-2H3. The van der Waals surface area contributed by atoms with E-state index in [9.17, 15) is 4.79 Å². The molecule has 0 aliphatic heterocycles. The van der Waals surface area contributed by atoms with E-state index in [0.29, 0.717) is 4.88 Å². The summed E-state index contributed by atoms with van der Waals surface area (Å²) >= 11 is 2.99. The molecular formula is C15H14N2OS2. The van der Waals surface area contributed by atoms with E-state index >= 15 is 0 Å². The van der Waals surface area contributed by atoms with Crippen LogP contribution in [-0.2, 0) is 6.54 Å². The summed E-state index contributed by atoms with van der Waals surface area (Å²) in [5, 5.41) is 1.89. The van der Waals surface area contributed by atoms with Crippen molar-refractivity contribution in [3.63, 3.8) is 0 Å². The third-order valence-corrected chi connectivity index (χ3v) is 4.98. The van der Waals surface area contributed by atoms with Crippen LogP contribution in [0.4, 0.5) is 0 Å². The lowest BCUT2D eigenvalue weighted by Crippen LogP contribution is -2.15. The molecule has 0 atom stereocenters. The second-order valence-corrected chi connectivity index (χ2v) is 6.45. The molecular weight excluding hydrogens is 288 g/mol. The second kappa shape index (κ2) is 5.34. The lowest BCUT2D eigenvalue weighted by molar-refractivity contribution is 0.100. The van der Waals surface area contributed by atoms with Crippen LogP contribution in [-0.4, -0.2) is 10.5 Å². The number of hydrogen-bond donors (Lipinski definition) is 0. The van der Waals surface area contributed by atoms with Crippen molar-refractivity contribution in [2.24, 2.45) is 4.99 Å². The number of benzene rings is 1. The van der Waals surface area contributed by atoms with Gasteiger partial charge in [0.1, 0.15) is 0 Å². The molecule has 1 amide bonds. The Labute approximate surface area is 124 Å². The second-order valence-electron chi connectivity index (χ2n) is 4.49. The maximum Gasteiger partial charge on any atom is 0.289 e. The summed E-state index contributed by atoms with van der Waals surface area (Å²) in [6, 6.07) is 10.0. The smallest absolute Gasteiger partial charge is 0.289 e. The molecule has 20 heavy (non-hydrogen) atoms. The molecule has 0 unspecified atom stereocenters. The molecule has 0 N–H and O–H groups in total. The normalized spacial score (nSPS) is 12.2. The number of carbonyl (C=O) groups is 1. The first kappa shape index (κ1) is 13.3. The van der Waals surface area contributed by atoms with Crippen molar-refractivity contribution in [1.29, 1.82) is 0 Å². The molecule has 2 aromatic heterocycles. The minimum atomic E-state index is -0.162. The Morgan fingerprint density at radius 1 is 1.35 bits per heavy atom. The van der Waals surface area contributed by atoms with Crippen molar-refractivity contribution in [1.82, 2.24) is 4.57 Å². The highest BCUT2D eigenvalue weighted by Gasteiger charge is 2.08. The Kier molecular flexibility index (Phi) is 3.54. The zero-order valence-corrected chi connectivity index (χ0v) is 12.9. The van der Waals surface area contributed by atoms with Gasteiger partial charge in [0.2, 0.25) is 0 Å². The highest BCUT2D eigenvalue weighted by atomic mass is 32.1. The lowest BCUT2D eigenvalue weighted by atomic mass is 10.2. The molecule has 3 aromatic rings. The topological polar surface area (TPSA) is 34.4 Å².